The van der Waals surface area contributed by atoms with Gasteiger partial charge < -0.3 is 21.7 Å². The maximum atomic E-state index is 13.2. The van der Waals surface area contributed by atoms with Gasteiger partial charge in [-0.15, -0.1) is 0 Å². The van der Waals surface area contributed by atoms with Gasteiger partial charge in [-0.2, -0.15) is 0 Å². The lowest BCUT2D eigenvalue weighted by molar-refractivity contribution is -0.130. The van der Waals surface area contributed by atoms with Crippen molar-refractivity contribution in [3.63, 3.8) is 0 Å². The van der Waals surface area contributed by atoms with Gasteiger partial charge in [0.25, 0.3) is 11.8 Å². The van der Waals surface area contributed by atoms with Crippen molar-refractivity contribution in [3.8, 4) is 23.7 Å². The van der Waals surface area contributed by atoms with Crippen molar-refractivity contribution in [1.82, 2.24) is 16.1 Å². The molecule has 1 atom stereocenters. The van der Waals surface area contributed by atoms with Gasteiger partial charge in [0.1, 0.15) is 11.9 Å². The molecular formula is C29H26FN5O4. The number of hydrogen-bond acceptors (Lipinski definition) is 6. The Hall–Kier alpha value is -5.00. The lowest BCUT2D eigenvalue weighted by Gasteiger charge is -2.14. The third-order valence-electron chi connectivity index (χ3n) is 5.26. The van der Waals surface area contributed by atoms with E-state index in [-0.39, 0.29) is 24.8 Å². The summed E-state index contributed by atoms with van der Waals surface area (Å²) in [6.07, 6.45) is 0. The SMILES string of the molecule is NC[C@H](NC(=O)c1ccc(C#CC#Cc2ccc(NC(=O)CNCc3cccc(F)c3)cc2)cc1)C(=O)NO. The molecule has 0 aliphatic heterocycles. The van der Waals surface area contributed by atoms with E-state index in [1.807, 2.05) is 0 Å². The first-order chi connectivity index (χ1) is 18.9. The van der Waals surface area contributed by atoms with E-state index < -0.39 is 17.9 Å². The van der Waals surface area contributed by atoms with E-state index in [9.17, 15) is 18.8 Å². The minimum atomic E-state index is -1.06. The molecule has 3 aromatic carbocycles. The molecule has 39 heavy (non-hydrogen) atoms. The van der Waals surface area contributed by atoms with Crippen LogP contribution in [-0.4, -0.2) is 42.1 Å². The van der Waals surface area contributed by atoms with Crippen LogP contribution in [0.1, 0.15) is 27.0 Å². The van der Waals surface area contributed by atoms with E-state index >= 15 is 0 Å². The summed E-state index contributed by atoms with van der Waals surface area (Å²) in [6.45, 7) is 0.282. The van der Waals surface area contributed by atoms with Crippen LogP contribution in [0, 0.1) is 29.5 Å². The molecular weight excluding hydrogens is 501 g/mol. The standard InChI is InChI=1S/C29H26FN5O4/c30-24-7-3-6-22(16-24)18-32-19-27(36)33-25-14-10-21(11-15-25)5-2-1-4-20-8-12-23(13-9-20)28(37)34-26(17-31)29(38)35-39/h3,6-16,26,32,39H,17-19,31H2,(H,33,36)(H,34,37)(H,35,38)/t26-/m0/s1. The highest BCUT2D eigenvalue weighted by atomic mass is 19.1. The molecule has 3 aromatic rings. The first kappa shape index (κ1) is 28.6. The zero-order chi connectivity index (χ0) is 28.0. The maximum Gasteiger partial charge on any atom is 0.267 e. The van der Waals surface area contributed by atoms with Crippen molar-refractivity contribution in [1.29, 1.82) is 0 Å². The Balaban J connectivity index is 1.47. The third-order valence-corrected chi connectivity index (χ3v) is 5.26. The molecule has 0 aliphatic rings. The van der Waals surface area contributed by atoms with Gasteiger partial charge in [0.2, 0.25) is 5.91 Å². The quantitative estimate of drug-likeness (QED) is 0.141. The van der Waals surface area contributed by atoms with Crippen LogP contribution in [0.4, 0.5) is 10.1 Å². The van der Waals surface area contributed by atoms with Gasteiger partial charge in [-0.05, 0) is 78.1 Å². The Morgan fingerprint density at radius 3 is 2.15 bits per heavy atom. The van der Waals surface area contributed by atoms with Crippen LogP contribution < -0.4 is 27.2 Å². The monoisotopic (exact) mass is 527 g/mol. The molecule has 0 spiro atoms. The number of rotatable bonds is 9. The maximum absolute atomic E-state index is 13.2. The molecule has 0 radical (unpaired) electrons. The van der Waals surface area contributed by atoms with Gasteiger partial charge in [-0.1, -0.05) is 24.0 Å². The predicted octanol–water partition coefficient (Wildman–Crippen LogP) is 1.52. The topological polar surface area (TPSA) is 146 Å². The summed E-state index contributed by atoms with van der Waals surface area (Å²) in [6, 6.07) is 18.4. The average Bonchev–Trinajstić information content (AvgIpc) is 2.94. The second kappa shape index (κ2) is 14.7. The van der Waals surface area contributed by atoms with E-state index in [0.717, 1.165) is 5.56 Å². The lowest BCUT2D eigenvalue weighted by Crippen LogP contribution is -2.50. The van der Waals surface area contributed by atoms with Gasteiger partial charge >= 0.3 is 0 Å². The second-order valence-electron chi connectivity index (χ2n) is 8.17. The average molecular weight is 528 g/mol. The summed E-state index contributed by atoms with van der Waals surface area (Å²) < 4.78 is 13.2. The molecule has 10 heteroatoms. The molecule has 7 N–H and O–H groups in total. The van der Waals surface area contributed by atoms with Gasteiger partial charge in [0.05, 0.1) is 6.54 Å². The minimum absolute atomic E-state index is 0.0778. The van der Waals surface area contributed by atoms with E-state index in [2.05, 4.69) is 39.6 Å². The zero-order valence-electron chi connectivity index (χ0n) is 20.8. The fourth-order valence-electron chi connectivity index (χ4n) is 3.27. The van der Waals surface area contributed by atoms with Crippen LogP contribution in [0.15, 0.2) is 72.8 Å². The number of nitrogens with one attached hydrogen (secondary N) is 4. The van der Waals surface area contributed by atoms with Crippen molar-refractivity contribution in [2.75, 3.05) is 18.4 Å². The van der Waals surface area contributed by atoms with Gasteiger partial charge in [0, 0.05) is 35.5 Å². The molecule has 198 valence electrons. The molecule has 0 fully saturated rings. The summed E-state index contributed by atoms with van der Waals surface area (Å²) >= 11 is 0. The van der Waals surface area contributed by atoms with Crippen LogP contribution in [0.5, 0.6) is 0 Å². The Morgan fingerprint density at radius 2 is 1.56 bits per heavy atom. The summed E-state index contributed by atoms with van der Waals surface area (Å²) in [5.74, 6) is 9.40. The van der Waals surface area contributed by atoms with Gasteiger partial charge in [0.15, 0.2) is 0 Å². The summed E-state index contributed by atoms with van der Waals surface area (Å²) in [5.41, 5.74) is 9.88. The highest BCUT2D eigenvalue weighted by Gasteiger charge is 2.19. The van der Waals surface area contributed by atoms with Gasteiger partial charge in [-0.3, -0.25) is 19.6 Å². The number of hydroxylamine groups is 1. The first-order valence-corrected chi connectivity index (χ1v) is 11.8. The van der Waals surface area contributed by atoms with E-state index in [4.69, 9.17) is 10.9 Å². The van der Waals surface area contributed by atoms with Crippen LogP contribution in [0.3, 0.4) is 0 Å². The normalized spacial score (nSPS) is 10.6. The molecule has 9 nitrogen and oxygen atoms in total. The summed E-state index contributed by atoms with van der Waals surface area (Å²) in [7, 11) is 0. The fraction of sp³-hybridized carbons (Fsp3) is 0.138. The summed E-state index contributed by atoms with van der Waals surface area (Å²) in [4.78, 5) is 35.8. The van der Waals surface area contributed by atoms with Crippen molar-refractivity contribution in [3.05, 3.63) is 101 Å². The smallest absolute Gasteiger partial charge is 0.267 e. The van der Waals surface area contributed by atoms with Crippen LogP contribution >= 0.6 is 0 Å². The fourth-order valence-corrected chi connectivity index (χ4v) is 3.27. The Kier molecular flexibility index (Phi) is 10.7. The molecule has 0 unspecified atom stereocenters. The number of anilines is 1. The molecule has 3 amide bonds. The zero-order valence-corrected chi connectivity index (χ0v) is 20.8. The number of carbonyl (C=O) groups is 3. The Morgan fingerprint density at radius 1 is 0.923 bits per heavy atom. The van der Waals surface area contributed by atoms with E-state index in [0.29, 0.717) is 28.9 Å². The van der Waals surface area contributed by atoms with Crippen molar-refractivity contribution in [2.45, 2.75) is 12.6 Å². The van der Waals surface area contributed by atoms with Crippen molar-refractivity contribution < 1.29 is 24.0 Å². The minimum Gasteiger partial charge on any atom is -0.339 e. The molecule has 3 rings (SSSR count). The van der Waals surface area contributed by atoms with Crippen LogP contribution in [0.2, 0.25) is 0 Å². The second-order valence-corrected chi connectivity index (χ2v) is 8.17. The van der Waals surface area contributed by atoms with Crippen molar-refractivity contribution in [2.24, 2.45) is 5.73 Å². The molecule has 0 heterocycles. The molecule has 0 bridgehead atoms. The van der Waals surface area contributed by atoms with Crippen LogP contribution in [-0.2, 0) is 16.1 Å². The number of benzene rings is 3. The van der Waals surface area contributed by atoms with Gasteiger partial charge in [-0.25, -0.2) is 9.87 Å². The third kappa shape index (κ3) is 9.43. The molecule has 0 saturated heterocycles. The van der Waals surface area contributed by atoms with E-state index in [1.165, 1.54) is 17.6 Å². The summed E-state index contributed by atoms with van der Waals surface area (Å²) in [5, 5.41) is 16.8. The number of amides is 3. The number of halogens is 1. The Labute approximate surface area is 224 Å². The first-order valence-electron chi connectivity index (χ1n) is 11.8. The number of hydrogen-bond donors (Lipinski definition) is 6. The highest BCUT2D eigenvalue weighted by Crippen LogP contribution is 2.09. The van der Waals surface area contributed by atoms with Crippen LogP contribution in [0.25, 0.3) is 0 Å². The lowest BCUT2D eigenvalue weighted by atomic mass is 10.1. The molecule has 0 aromatic heterocycles. The predicted molar refractivity (Wildman–Crippen MR) is 144 cm³/mol. The molecule has 0 saturated carbocycles. The largest absolute Gasteiger partial charge is 0.339 e. The van der Waals surface area contributed by atoms with Crippen molar-refractivity contribution >= 4 is 23.4 Å². The number of nitrogens with two attached hydrogens (primary N) is 1. The Bertz CT molecular complexity index is 1430. The molecule has 0 aliphatic carbocycles. The van der Waals surface area contributed by atoms with E-state index in [1.54, 1.807) is 60.7 Å². The number of carbonyl (C=O) groups excluding carboxylic acids is 3. The highest BCUT2D eigenvalue weighted by molar-refractivity contribution is 5.97.